The van der Waals surface area contributed by atoms with Gasteiger partial charge in [-0.2, -0.15) is 0 Å². The van der Waals surface area contributed by atoms with Crippen molar-refractivity contribution in [3.8, 4) is 5.75 Å². The van der Waals surface area contributed by atoms with Crippen molar-refractivity contribution in [2.75, 3.05) is 27.2 Å². The molecule has 114 valence electrons. The number of hydrogen-bond acceptors (Lipinski definition) is 4. The first kappa shape index (κ1) is 17.0. The van der Waals surface area contributed by atoms with Crippen LogP contribution in [0.1, 0.15) is 32.4 Å². The van der Waals surface area contributed by atoms with E-state index < -0.39 is 0 Å². The fourth-order valence-corrected chi connectivity index (χ4v) is 2.02. The molecule has 4 nitrogen and oxygen atoms in total. The van der Waals surface area contributed by atoms with Gasteiger partial charge in [-0.15, -0.1) is 0 Å². The average molecular weight is 280 g/mol. The van der Waals surface area contributed by atoms with Gasteiger partial charge in [-0.25, -0.2) is 0 Å². The molecule has 1 rings (SSSR count). The van der Waals surface area contributed by atoms with E-state index in [-0.39, 0.29) is 18.2 Å². The Labute approximate surface area is 122 Å². The first-order valence-corrected chi connectivity index (χ1v) is 7.21. The zero-order chi connectivity index (χ0) is 15.1. The number of likely N-dealkylation sites (N-methyl/N-ethyl adjacent to an activating group) is 1. The third-order valence-corrected chi connectivity index (χ3v) is 2.99. The van der Waals surface area contributed by atoms with E-state index in [1.165, 1.54) is 5.56 Å². The van der Waals surface area contributed by atoms with Crippen LogP contribution in [-0.4, -0.2) is 49.4 Å². The minimum absolute atomic E-state index is 0.192. The van der Waals surface area contributed by atoms with E-state index in [0.29, 0.717) is 13.1 Å². The second-order valence-electron chi connectivity index (χ2n) is 5.78. The van der Waals surface area contributed by atoms with Crippen LogP contribution in [0.25, 0.3) is 0 Å². The molecule has 0 amide bonds. The highest BCUT2D eigenvalue weighted by atomic mass is 16.5. The molecule has 0 saturated carbocycles. The molecule has 0 heterocycles. The van der Waals surface area contributed by atoms with Gasteiger partial charge in [0.1, 0.15) is 5.75 Å². The van der Waals surface area contributed by atoms with Crippen LogP contribution in [0.5, 0.6) is 5.75 Å². The standard InChI is InChI=1S/C16H28N2O2/c1-12(2)20-16-8-6-14(7-9-16)13(3)17-10-15(19)11-18(4)5/h6-9,12-13,15,17,19H,10-11H2,1-5H3. The molecule has 1 aromatic carbocycles. The summed E-state index contributed by atoms with van der Waals surface area (Å²) >= 11 is 0. The summed E-state index contributed by atoms with van der Waals surface area (Å²) in [6.07, 6.45) is -0.159. The topological polar surface area (TPSA) is 44.7 Å². The number of nitrogens with one attached hydrogen (secondary N) is 1. The van der Waals surface area contributed by atoms with E-state index in [9.17, 15) is 5.11 Å². The number of benzene rings is 1. The molecule has 0 saturated heterocycles. The molecule has 2 atom stereocenters. The van der Waals surface area contributed by atoms with Crippen molar-refractivity contribution in [3.63, 3.8) is 0 Å². The molecule has 0 aliphatic rings. The zero-order valence-corrected chi connectivity index (χ0v) is 13.3. The third kappa shape index (κ3) is 6.37. The molecule has 0 spiro atoms. The third-order valence-electron chi connectivity index (χ3n) is 2.99. The molecule has 0 bridgehead atoms. The fourth-order valence-electron chi connectivity index (χ4n) is 2.02. The molecular weight excluding hydrogens is 252 g/mol. The van der Waals surface area contributed by atoms with Gasteiger partial charge >= 0.3 is 0 Å². The lowest BCUT2D eigenvalue weighted by molar-refractivity contribution is 0.132. The van der Waals surface area contributed by atoms with Gasteiger partial charge in [-0.1, -0.05) is 12.1 Å². The Hall–Kier alpha value is -1.10. The second kappa shape index (κ2) is 8.25. The average Bonchev–Trinajstić information content (AvgIpc) is 2.35. The quantitative estimate of drug-likeness (QED) is 0.765. The Morgan fingerprint density at radius 2 is 1.75 bits per heavy atom. The van der Waals surface area contributed by atoms with Crippen molar-refractivity contribution < 1.29 is 9.84 Å². The summed E-state index contributed by atoms with van der Waals surface area (Å²) in [6, 6.07) is 8.31. The number of rotatable bonds is 8. The summed E-state index contributed by atoms with van der Waals surface area (Å²) in [5, 5.41) is 13.2. The molecule has 0 fully saturated rings. The van der Waals surface area contributed by atoms with Crippen molar-refractivity contribution in [1.29, 1.82) is 0 Å². The van der Waals surface area contributed by atoms with E-state index in [4.69, 9.17) is 4.74 Å². The summed E-state index contributed by atoms with van der Waals surface area (Å²) in [4.78, 5) is 1.98. The van der Waals surface area contributed by atoms with Crippen LogP contribution in [0, 0.1) is 0 Å². The van der Waals surface area contributed by atoms with E-state index >= 15 is 0 Å². The highest BCUT2D eigenvalue weighted by Gasteiger charge is 2.09. The Balaban J connectivity index is 2.45. The van der Waals surface area contributed by atoms with Gasteiger partial charge in [0, 0.05) is 19.1 Å². The smallest absolute Gasteiger partial charge is 0.119 e. The molecule has 20 heavy (non-hydrogen) atoms. The highest BCUT2D eigenvalue weighted by Crippen LogP contribution is 2.18. The number of nitrogens with zero attached hydrogens (tertiary/aromatic N) is 1. The Kier molecular flexibility index (Phi) is 6.99. The van der Waals surface area contributed by atoms with E-state index in [2.05, 4.69) is 24.4 Å². The Morgan fingerprint density at radius 3 is 2.25 bits per heavy atom. The molecule has 4 heteroatoms. The summed E-state index contributed by atoms with van der Waals surface area (Å²) in [5.74, 6) is 0.892. The zero-order valence-electron chi connectivity index (χ0n) is 13.3. The lowest BCUT2D eigenvalue weighted by Crippen LogP contribution is -2.36. The van der Waals surface area contributed by atoms with Crippen molar-refractivity contribution in [1.82, 2.24) is 10.2 Å². The Morgan fingerprint density at radius 1 is 1.15 bits per heavy atom. The predicted molar refractivity (Wildman–Crippen MR) is 83.2 cm³/mol. The Bertz CT molecular complexity index is 377. The molecule has 0 aliphatic carbocycles. The van der Waals surface area contributed by atoms with Crippen LogP contribution in [0.4, 0.5) is 0 Å². The maximum Gasteiger partial charge on any atom is 0.119 e. The van der Waals surface area contributed by atoms with Gasteiger partial charge < -0.3 is 20.1 Å². The SMILES string of the molecule is CC(C)Oc1ccc(C(C)NCC(O)CN(C)C)cc1. The number of ether oxygens (including phenoxy) is 1. The molecule has 0 aliphatic heterocycles. The second-order valence-corrected chi connectivity index (χ2v) is 5.78. The maximum atomic E-state index is 9.83. The molecule has 0 aromatic heterocycles. The van der Waals surface area contributed by atoms with Crippen molar-refractivity contribution >= 4 is 0 Å². The fraction of sp³-hybridized carbons (Fsp3) is 0.625. The van der Waals surface area contributed by atoms with Crippen molar-refractivity contribution in [2.24, 2.45) is 0 Å². The van der Waals surface area contributed by atoms with Crippen LogP contribution < -0.4 is 10.1 Å². The van der Waals surface area contributed by atoms with Gasteiger partial charge in [0.05, 0.1) is 12.2 Å². The summed E-state index contributed by atoms with van der Waals surface area (Å²) in [6.45, 7) is 7.39. The maximum absolute atomic E-state index is 9.83. The number of aliphatic hydroxyl groups is 1. The van der Waals surface area contributed by atoms with E-state index in [0.717, 1.165) is 5.75 Å². The molecule has 1 aromatic rings. The van der Waals surface area contributed by atoms with Crippen LogP contribution >= 0.6 is 0 Å². The number of aliphatic hydroxyl groups excluding tert-OH is 1. The molecule has 2 unspecified atom stereocenters. The largest absolute Gasteiger partial charge is 0.491 e. The minimum Gasteiger partial charge on any atom is -0.491 e. The van der Waals surface area contributed by atoms with E-state index in [1.54, 1.807) is 0 Å². The molecular formula is C16H28N2O2. The summed E-state index contributed by atoms with van der Waals surface area (Å²) in [5.41, 5.74) is 1.19. The first-order chi connectivity index (χ1) is 9.38. The van der Waals surface area contributed by atoms with E-state index in [1.807, 2.05) is 45.0 Å². The number of hydrogen-bond donors (Lipinski definition) is 2. The van der Waals surface area contributed by atoms with Crippen molar-refractivity contribution in [3.05, 3.63) is 29.8 Å². The lowest BCUT2D eigenvalue weighted by atomic mass is 10.1. The highest BCUT2D eigenvalue weighted by molar-refractivity contribution is 5.29. The van der Waals surface area contributed by atoms with Crippen molar-refractivity contribution in [2.45, 2.75) is 39.0 Å². The van der Waals surface area contributed by atoms with Crippen LogP contribution in [-0.2, 0) is 0 Å². The van der Waals surface area contributed by atoms with Crippen LogP contribution in [0.15, 0.2) is 24.3 Å². The normalized spacial score (nSPS) is 14.6. The summed E-state index contributed by atoms with van der Waals surface area (Å²) < 4.78 is 5.62. The van der Waals surface area contributed by atoms with Crippen LogP contribution in [0.3, 0.4) is 0 Å². The molecule has 0 radical (unpaired) electrons. The van der Waals surface area contributed by atoms with Crippen LogP contribution in [0.2, 0.25) is 0 Å². The molecule has 2 N–H and O–H groups in total. The monoisotopic (exact) mass is 280 g/mol. The van der Waals surface area contributed by atoms with Gasteiger partial charge in [-0.3, -0.25) is 0 Å². The minimum atomic E-state index is -0.351. The van der Waals surface area contributed by atoms with Gasteiger partial charge in [0.15, 0.2) is 0 Å². The lowest BCUT2D eigenvalue weighted by Gasteiger charge is -2.20. The van der Waals surface area contributed by atoms with Gasteiger partial charge in [0.2, 0.25) is 0 Å². The van der Waals surface area contributed by atoms with Gasteiger partial charge in [0.25, 0.3) is 0 Å². The van der Waals surface area contributed by atoms with Gasteiger partial charge in [-0.05, 0) is 52.6 Å². The first-order valence-electron chi connectivity index (χ1n) is 7.21. The predicted octanol–water partition coefficient (Wildman–Crippen LogP) is 2.05. The summed E-state index contributed by atoms with van der Waals surface area (Å²) in [7, 11) is 3.92.